The first-order chi connectivity index (χ1) is 11.6. The van der Waals surface area contributed by atoms with Gasteiger partial charge in [0.15, 0.2) is 0 Å². The Hall–Kier alpha value is -1.85. The number of thiophene rings is 1. The summed E-state index contributed by atoms with van der Waals surface area (Å²) in [6, 6.07) is 10.4. The second-order valence-electron chi connectivity index (χ2n) is 6.21. The van der Waals surface area contributed by atoms with Crippen LogP contribution in [0.1, 0.15) is 27.4 Å². The van der Waals surface area contributed by atoms with Crippen LogP contribution in [0.4, 0.5) is 0 Å². The summed E-state index contributed by atoms with van der Waals surface area (Å²) in [6.07, 6.45) is 2.05. The van der Waals surface area contributed by atoms with Crippen LogP contribution in [0.25, 0.3) is 11.1 Å². The second kappa shape index (κ2) is 7.36. The molecule has 5 heteroatoms. The summed E-state index contributed by atoms with van der Waals surface area (Å²) in [5, 5.41) is 3.35. The van der Waals surface area contributed by atoms with Crippen molar-refractivity contribution in [3.63, 3.8) is 0 Å². The molecule has 128 valence electrons. The number of hydrogen-bond acceptors (Lipinski definition) is 4. The minimum atomic E-state index is 0.134. The molecule has 4 nitrogen and oxygen atoms in total. The van der Waals surface area contributed by atoms with E-state index in [-0.39, 0.29) is 5.91 Å². The number of benzene rings is 1. The van der Waals surface area contributed by atoms with Crippen LogP contribution in [0.15, 0.2) is 30.3 Å². The van der Waals surface area contributed by atoms with Gasteiger partial charge in [-0.3, -0.25) is 4.79 Å². The van der Waals surface area contributed by atoms with Crippen LogP contribution in [0, 0.1) is 6.92 Å². The van der Waals surface area contributed by atoms with Gasteiger partial charge in [-0.2, -0.15) is 0 Å². The number of piperidine rings is 1. The number of nitrogens with one attached hydrogen (secondary N) is 1. The van der Waals surface area contributed by atoms with Gasteiger partial charge < -0.3 is 15.0 Å². The molecular weight excluding hydrogens is 320 g/mol. The Balaban J connectivity index is 1.80. The largest absolute Gasteiger partial charge is 0.497 e. The van der Waals surface area contributed by atoms with E-state index in [0.29, 0.717) is 6.04 Å². The maximum Gasteiger partial charge on any atom is 0.263 e. The number of ether oxygens (including phenoxy) is 1. The normalized spacial score (nSPS) is 15.3. The minimum absolute atomic E-state index is 0.134. The van der Waals surface area contributed by atoms with Crippen LogP contribution in [0.2, 0.25) is 0 Å². The van der Waals surface area contributed by atoms with Crippen molar-refractivity contribution < 1.29 is 9.53 Å². The molecule has 0 unspecified atom stereocenters. The lowest BCUT2D eigenvalue weighted by atomic mass is 10.0. The fourth-order valence-corrected chi connectivity index (χ4v) is 4.20. The Morgan fingerprint density at radius 2 is 1.92 bits per heavy atom. The average Bonchev–Trinajstić information content (AvgIpc) is 3.03. The summed E-state index contributed by atoms with van der Waals surface area (Å²) in [5.41, 5.74) is 2.25. The molecule has 2 heterocycles. The van der Waals surface area contributed by atoms with Crippen molar-refractivity contribution in [2.45, 2.75) is 25.8 Å². The predicted octanol–water partition coefficient (Wildman–Crippen LogP) is 3.56. The zero-order chi connectivity index (χ0) is 17.1. The first-order valence-electron chi connectivity index (χ1n) is 8.33. The van der Waals surface area contributed by atoms with Gasteiger partial charge in [0, 0.05) is 18.0 Å². The van der Waals surface area contributed by atoms with E-state index in [1.54, 1.807) is 18.4 Å². The summed E-state index contributed by atoms with van der Waals surface area (Å²) in [7, 11) is 3.60. The number of carbonyl (C=O) groups is 1. The molecule has 0 spiro atoms. The molecule has 1 fully saturated rings. The number of amides is 1. The van der Waals surface area contributed by atoms with Gasteiger partial charge in [-0.05, 0) is 62.2 Å². The van der Waals surface area contributed by atoms with Gasteiger partial charge in [-0.1, -0.05) is 12.1 Å². The van der Waals surface area contributed by atoms with Gasteiger partial charge in [0.2, 0.25) is 0 Å². The first-order valence-corrected chi connectivity index (χ1v) is 9.14. The van der Waals surface area contributed by atoms with Crippen molar-refractivity contribution in [3.8, 4) is 16.9 Å². The Bertz CT molecular complexity index is 703. The van der Waals surface area contributed by atoms with Crippen LogP contribution in [-0.4, -0.2) is 44.1 Å². The monoisotopic (exact) mass is 344 g/mol. The first kappa shape index (κ1) is 17.0. The van der Waals surface area contributed by atoms with Crippen molar-refractivity contribution >= 4 is 17.2 Å². The van der Waals surface area contributed by atoms with E-state index >= 15 is 0 Å². The Morgan fingerprint density at radius 3 is 2.54 bits per heavy atom. The van der Waals surface area contributed by atoms with E-state index in [2.05, 4.69) is 12.2 Å². The van der Waals surface area contributed by atoms with Gasteiger partial charge >= 0.3 is 0 Å². The molecule has 2 aromatic rings. The zero-order valence-corrected chi connectivity index (χ0v) is 15.3. The summed E-state index contributed by atoms with van der Waals surface area (Å²) in [5.74, 6) is 0.975. The highest BCUT2D eigenvalue weighted by molar-refractivity contribution is 7.14. The van der Waals surface area contributed by atoms with E-state index < -0.39 is 0 Å². The average molecular weight is 344 g/mol. The molecule has 0 atom stereocenters. The molecule has 24 heavy (non-hydrogen) atoms. The standard InChI is InChI=1S/C19H24N2O2S/c1-13-17(14-4-6-16(23-3)7-5-14)12-18(24-13)19(22)21(2)15-8-10-20-11-9-15/h4-7,12,15,20H,8-11H2,1-3H3. The van der Waals surface area contributed by atoms with Gasteiger partial charge in [-0.15, -0.1) is 11.3 Å². The number of carbonyl (C=O) groups excluding carboxylic acids is 1. The number of nitrogens with zero attached hydrogens (tertiary/aromatic N) is 1. The minimum Gasteiger partial charge on any atom is -0.497 e. The molecule has 1 amide bonds. The lowest BCUT2D eigenvalue weighted by Crippen LogP contribution is -2.43. The third kappa shape index (κ3) is 3.47. The smallest absolute Gasteiger partial charge is 0.263 e. The van der Waals surface area contributed by atoms with Crippen LogP contribution < -0.4 is 10.1 Å². The number of methoxy groups -OCH3 is 1. The molecule has 0 bridgehead atoms. The number of rotatable bonds is 4. The van der Waals surface area contributed by atoms with Crippen molar-refractivity contribution in [2.75, 3.05) is 27.2 Å². The SMILES string of the molecule is COc1ccc(-c2cc(C(=O)N(C)C3CCNCC3)sc2C)cc1. The molecule has 1 aromatic heterocycles. The van der Waals surface area contributed by atoms with Crippen molar-refractivity contribution in [1.29, 1.82) is 0 Å². The second-order valence-corrected chi connectivity index (χ2v) is 7.46. The van der Waals surface area contributed by atoms with Crippen molar-refractivity contribution in [3.05, 3.63) is 40.1 Å². The lowest BCUT2D eigenvalue weighted by molar-refractivity contribution is 0.0708. The summed E-state index contributed by atoms with van der Waals surface area (Å²) in [4.78, 5) is 16.7. The molecule has 0 radical (unpaired) electrons. The maximum absolute atomic E-state index is 12.8. The van der Waals surface area contributed by atoms with Crippen molar-refractivity contribution in [1.82, 2.24) is 10.2 Å². The molecule has 1 aliphatic rings. The zero-order valence-electron chi connectivity index (χ0n) is 14.5. The highest BCUT2D eigenvalue weighted by Crippen LogP contribution is 2.33. The fraction of sp³-hybridized carbons (Fsp3) is 0.421. The molecule has 0 saturated carbocycles. The van der Waals surface area contributed by atoms with Gasteiger partial charge in [0.1, 0.15) is 5.75 Å². The molecule has 1 aromatic carbocycles. The van der Waals surface area contributed by atoms with Gasteiger partial charge in [0.25, 0.3) is 5.91 Å². The van der Waals surface area contributed by atoms with Gasteiger partial charge in [0.05, 0.1) is 12.0 Å². The molecule has 0 aliphatic carbocycles. The maximum atomic E-state index is 12.8. The predicted molar refractivity (Wildman–Crippen MR) is 99.0 cm³/mol. The van der Waals surface area contributed by atoms with E-state index in [4.69, 9.17) is 4.74 Å². The van der Waals surface area contributed by atoms with E-state index in [0.717, 1.165) is 47.7 Å². The molecule has 1 aliphatic heterocycles. The molecule has 1 N–H and O–H groups in total. The molecule has 3 rings (SSSR count). The third-order valence-electron chi connectivity index (χ3n) is 4.71. The summed E-state index contributed by atoms with van der Waals surface area (Å²) >= 11 is 1.58. The van der Waals surface area contributed by atoms with E-state index in [1.165, 1.54) is 4.88 Å². The van der Waals surface area contributed by atoms with Gasteiger partial charge in [-0.25, -0.2) is 0 Å². The highest BCUT2D eigenvalue weighted by Gasteiger charge is 2.24. The Kier molecular flexibility index (Phi) is 5.21. The molecular formula is C19H24N2O2S. The van der Waals surface area contributed by atoms with Crippen LogP contribution in [-0.2, 0) is 0 Å². The number of aryl methyl sites for hydroxylation is 1. The third-order valence-corrected chi connectivity index (χ3v) is 5.74. The summed E-state index contributed by atoms with van der Waals surface area (Å²) < 4.78 is 5.21. The van der Waals surface area contributed by atoms with Crippen LogP contribution in [0.3, 0.4) is 0 Å². The fourth-order valence-electron chi connectivity index (χ4n) is 3.18. The van der Waals surface area contributed by atoms with E-state index in [1.807, 2.05) is 42.3 Å². The lowest BCUT2D eigenvalue weighted by Gasteiger charge is -2.31. The van der Waals surface area contributed by atoms with Crippen LogP contribution >= 0.6 is 11.3 Å². The Morgan fingerprint density at radius 1 is 1.25 bits per heavy atom. The van der Waals surface area contributed by atoms with E-state index in [9.17, 15) is 4.79 Å². The molecule has 1 saturated heterocycles. The van der Waals surface area contributed by atoms with Crippen LogP contribution in [0.5, 0.6) is 5.75 Å². The topological polar surface area (TPSA) is 41.6 Å². The Labute approximate surface area is 147 Å². The number of hydrogen-bond donors (Lipinski definition) is 1. The van der Waals surface area contributed by atoms with Crippen molar-refractivity contribution in [2.24, 2.45) is 0 Å². The highest BCUT2D eigenvalue weighted by atomic mass is 32.1. The summed E-state index contributed by atoms with van der Waals surface area (Å²) in [6.45, 7) is 4.05. The quantitative estimate of drug-likeness (QED) is 0.922.